The predicted octanol–water partition coefficient (Wildman–Crippen LogP) is 5.14. The zero-order valence-corrected chi connectivity index (χ0v) is 15.0. The average Bonchev–Trinajstić information content (AvgIpc) is 3.14. The zero-order valence-electron chi connectivity index (χ0n) is 15.0. The molecule has 4 rings (SSSR count). The van der Waals surface area contributed by atoms with E-state index in [1.54, 1.807) is 18.6 Å². The second kappa shape index (κ2) is 8.32. The molecule has 0 atom stereocenters. The van der Waals surface area contributed by atoms with Crippen molar-refractivity contribution in [1.82, 2.24) is 15.0 Å². The van der Waals surface area contributed by atoms with E-state index in [4.69, 9.17) is 4.74 Å². The van der Waals surface area contributed by atoms with Crippen LogP contribution in [0, 0.1) is 0 Å². The van der Waals surface area contributed by atoms with Gasteiger partial charge in [0.05, 0.1) is 12.8 Å². The van der Waals surface area contributed by atoms with Crippen molar-refractivity contribution in [2.75, 3.05) is 6.61 Å². The van der Waals surface area contributed by atoms with Crippen LogP contribution in [-0.2, 0) is 6.42 Å². The molecule has 0 amide bonds. The van der Waals surface area contributed by atoms with E-state index in [9.17, 15) is 0 Å². The third kappa shape index (κ3) is 4.42. The zero-order chi connectivity index (χ0) is 18.3. The Labute approximate surface area is 158 Å². The van der Waals surface area contributed by atoms with Crippen molar-refractivity contribution in [3.05, 3.63) is 90.1 Å². The third-order valence-corrected chi connectivity index (χ3v) is 4.44. The standard InChI is InChI=1S/C23H21N3O/c1-2-6-23-22(5-1)20(16-26-23)4-3-13-27-21-14-19(15-25-17-21)8-7-18-9-11-24-12-10-18/h1-2,5-12,14-17,26H,3-4,13H2/b8-7+. The van der Waals surface area contributed by atoms with Crippen molar-refractivity contribution in [3.63, 3.8) is 0 Å². The minimum absolute atomic E-state index is 0.665. The highest BCUT2D eigenvalue weighted by Crippen LogP contribution is 2.19. The Morgan fingerprint density at radius 1 is 0.926 bits per heavy atom. The Morgan fingerprint density at radius 2 is 1.78 bits per heavy atom. The highest BCUT2D eigenvalue weighted by atomic mass is 16.5. The normalized spacial score (nSPS) is 11.3. The van der Waals surface area contributed by atoms with Crippen LogP contribution in [0.15, 0.2) is 73.4 Å². The number of nitrogens with one attached hydrogen (secondary N) is 1. The number of hydrogen-bond donors (Lipinski definition) is 1. The molecule has 0 aliphatic rings. The fourth-order valence-electron chi connectivity index (χ4n) is 3.06. The largest absolute Gasteiger partial charge is 0.492 e. The van der Waals surface area contributed by atoms with Gasteiger partial charge in [-0.15, -0.1) is 0 Å². The Hall–Kier alpha value is -3.40. The number of nitrogens with zero attached hydrogens (tertiary/aromatic N) is 2. The van der Waals surface area contributed by atoms with Crippen molar-refractivity contribution in [1.29, 1.82) is 0 Å². The molecule has 134 valence electrons. The summed E-state index contributed by atoms with van der Waals surface area (Å²) in [4.78, 5) is 11.6. The van der Waals surface area contributed by atoms with E-state index < -0.39 is 0 Å². The predicted molar refractivity (Wildman–Crippen MR) is 110 cm³/mol. The summed E-state index contributed by atoms with van der Waals surface area (Å²) in [6, 6.07) is 14.3. The van der Waals surface area contributed by atoms with Crippen LogP contribution >= 0.6 is 0 Å². The second-order valence-electron chi connectivity index (χ2n) is 6.38. The van der Waals surface area contributed by atoms with Crippen LogP contribution in [0.2, 0.25) is 0 Å². The molecule has 0 saturated heterocycles. The molecule has 0 aliphatic heterocycles. The number of pyridine rings is 2. The molecule has 0 spiro atoms. The van der Waals surface area contributed by atoms with Gasteiger partial charge in [-0.2, -0.15) is 0 Å². The van der Waals surface area contributed by atoms with Crippen molar-refractivity contribution >= 4 is 23.1 Å². The summed E-state index contributed by atoms with van der Waals surface area (Å²) in [7, 11) is 0. The SMILES string of the molecule is C(=C\c1cncc(OCCCc2c[nH]c3ccccc23)c1)/c1ccncc1. The number of para-hydroxylation sites is 1. The Morgan fingerprint density at radius 3 is 2.70 bits per heavy atom. The summed E-state index contributed by atoms with van der Waals surface area (Å²) in [5.41, 5.74) is 4.64. The number of fused-ring (bicyclic) bond motifs is 1. The fourth-order valence-corrected chi connectivity index (χ4v) is 3.06. The van der Waals surface area contributed by atoms with E-state index >= 15 is 0 Å². The molecule has 4 heteroatoms. The van der Waals surface area contributed by atoms with Gasteiger partial charge >= 0.3 is 0 Å². The molecule has 0 unspecified atom stereocenters. The maximum absolute atomic E-state index is 5.89. The summed E-state index contributed by atoms with van der Waals surface area (Å²) < 4.78 is 5.89. The molecule has 0 aliphatic carbocycles. The number of hydrogen-bond acceptors (Lipinski definition) is 3. The molecule has 0 saturated carbocycles. The van der Waals surface area contributed by atoms with Crippen LogP contribution in [0.25, 0.3) is 23.1 Å². The molecule has 1 aromatic carbocycles. The fraction of sp³-hybridized carbons (Fsp3) is 0.130. The molecule has 0 fully saturated rings. The number of rotatable bonds is 7. The Kier molecular flexibility index (Phi) is 5.25. The minimum atomic E-state index is 0.665. The molecule has 3 aromatic heterocycles. The van der Waals surface area contributed by atoms with Gasteiger partial charge in [0.25, 0.3) is 0 Å². The smallest absolute Gasteiger partial charge is 0.138 e. The highest BCUT2D eigenvalue weighted by molar-refractivity contribution is 5.83. The lowest BCUT2D eigenvalue weighted by Gasteiger charge is -2.06. The molecule has 4 aromatic rings. The molecular formula is C23H21N3O. The number of aromatic amines is 1. The Balaban J connectivity index is 1.31. The summed E-state index contributed by atoms with van der Waals surface area (Å²) in [5, 5.41) is 1.29. The molecular weight excluding hydrogens is 334 g/mol. The van der Waals surface area contributed by atoms with Crippen molar-refractivity contribution < 1.29 is 4.74 Å². The first-order chi connectivity index (χ1) is 13.4. The number of H-pyrrole nitrogens is 1. The minimum Gasteiger partial charge on any atom is -0.492 e. The van der Waals surface area contributed by atoms with Gasteiger partial charge in [0.2, 0.25) is 0 Å². The van der Waals surface area contributed by atoms with Gasteiger partial charge in [-0.1, -0.05) is 30.4 Å². The molecule has 3 heterocycles. The monoisotopic (exact) mass is 355 g/mol. The molecule has 1 N–H and O–H groups in total. The van der Waals surface area contributed by atoms with Gasteiger partial charge in [-0.05, 0) is 53.8 Å². The molecule has 0 bridgehead atoms. The lowest BCUT2D eigenvalue weighted by molar-refractivity contribution is 0.310. The lowest BCUT2D eigenvalue weighted by Crippen LogP contribution is -1.99. The van der Waals surface area contributed by atoms with Crippen LogP contribution in [-0.4, -0.2) is 21.6 Å². The first kappa shape index (κ1) is 17.0. The van der Waals surface area contributed by atoms with Gasteiger partial charge in [0, 0.05) is 35.7 Å². The van der Waals surface area contributed by atoms with E-state index in [2.05, 4.69) is 45.4 Å². The highest BCUT2D eigenvalue weighted by Gasteiger charge is 2.03. The van der Waals surface area contributed by atoms with Crippen molar-refractivity contribution in [3.8, 4) is 5.75 Å². The van der Waals surface area contributed by atoms with Crippen LogP contribution in [0.3, 0.4) is 0 Å². The van der Waals surface area contributed by atoms with Crippen LogP contribution in [0.4, 0.5) is 0 Å². The maximum Gasteiger partial charge on any atom is 0.138 e. The van der Waals surface area contributed by atoms with Gasteiger partial charge in [-0.25, -0.2) is 0 Å². The van der Waals surface area contributed by atoms with Gasteiger partial charge in [0.15, 0.2) is 0 Å². The number of aryl methyl sites for hydroxylation is 1. The van der Waals surface area contributed by atoms with Gasteiger partial charge in [-0.3, -0.25) is 9.97 Å². The summed E-state index contributed by atoms with van der Waals surface area (Å²) in [5.74, 6) is 0.797. The topological polar surface area (TPSA) is 50.8 Å². The van der Waals surface area contributed by atoms with E-state index in [0.717, 1.165) is 29.7 Å². The van der Waals surface area contributed by atoms with E-state index in [0.29, 0.717) is 6.61 Å². The molecule has 0 radical (unpaired) electrons. The Bertz CT molecular complexity index is 1040. The van der Waals surface area contributed by atoms with Crippen molar-refractivity contribution in [2.24, 2.45) is 0 Å². The first-order valence-corrected chi connectivity index (χ1v) is 9.09. The third-order valence-electron chi connectivity index (χ3n) is 4.44. The van der Waals surface area contributed by atoms with Crippen LogP contribution in [0.1, 0.15) is 23.1 Å². The first-order valence-electron chi connectivity index (χ1n) is 9.09. The second-order valence-corrected chi connectivity index (χ2v) is 6.38. The van der Waals surface area contributed by atoms with E-state index in [1.165, 1.54) is 16.5 Å². The summed E-state index contributed by atoms with van der Waals surface area (Å²) >= 11 is 0. The average molecular weight is 355 g/mol. The number of benzene rings is 1. The quantitative estimate of drug-likeness (QED) is 0.467. The van der Waals surface area contributed by atoms with Gasteiger partial charge in [0.1, 0.15) is 5.75 Å². The van der Waals surface area contributed by atoms with Crippen molar-refractivity contribution in [2.45, 2.75) is 12.8 Å². The number of ether oxygens (including phenoxy) is 1. The van der Waals surface area contributed by atoms with Crippen LogP contribution in [0.5, 0.6) is 5.75 Å². The maximum atomic E-state index is 5.89. The van der Waals surface area contributed by atoms with Crippen LogP contribution < -0.4 is 4.74 Å². The van der Waals surface area contributed by atoms with E-state index in [1.807, 2.05) is 36.5 Å². The number of aromatic nitrogens is 3. The van der Waals surface area contributed by atoms with Gasteiger partial charge < -0.3 is 9.72 Å². The summed E-state index contributed by atoms with van der Waals surface area (Å²) in [6.45, 7) is 0.665. The lowest BCUT2D eigenvalue weighted by atomic mass is 10.1. The van der Waals surface area contributed by atoms with E-state index in [-0.39, 0.29) is 0 Å². The molecule has 4 nitrogen and oxygen atoms in total. The summed E-state index contributed by atoms with van der Waals surface area (Å²) in [6.07, 6.45) is 15.3. The molecule has 27 heavy (non-hydrogen) atoms.